The summed E-state index contributed by atoms with van der Waals surface area (Å²) < 4.78 is 11.4. The molecule has 0 unspecified atom stereocenters. The van der Waals surface area contributed by atoms with E-state index >= 15 is 0 Å². The Morgan fingerprint density at radius 3 is 2.41 bits per heavy atom. The lowest BCUT2D eigenvalue weighted by Gasteiger charge is -2.27. The molecule has 2 aromatic carbocycles. The number of hydrogen-bond acceptors (Lipinski definition) is 6. The van der Waals surface area contributed by atoms with Gasteiger partial charge >= 0.3 is 0 Å². The summed E-state index contributed by atoms with van der Waals surface area (Å²) in [7, 11) is 1.47. The van der Waals surface area contributed by atoms with E-state index in [2.05, 4.69) is 26.0 Å². The molecule has 3 aliphatic rings. The van der Waals surface area contributed by atoms with Gasteiger partial charge in [0, 0.05) is 11.5 Å². The molecule has 7 nitrogen and oxygen atoms in total. The van der Waals surface area contributed by atoms with Crippen LogP contribution in [0.5, 0.6) is 5.75 Å². The second kappa shape index (κ2) is 8.24. The number of carbonyl (C=O) groups excluding carboxylic acids is 1. The van der Waals surface area contributed by atoms with Gasteiger partial charge in [-0.3, -0.25) is 14.9 Å². The van der Waals surface area contributed by atoms with Crippen molar-refractivity contribution < 1.29 is 24.3 Å². The van der Waals surface area contributed by atoms with Gasteiger partial charge in [-0.2, -0.15) is 0 Å². The predicted molar refractivity (Wildman–Crippen MR) is 127 cm³/mol. The molecule has 1 aliphatic carbocycles. The van der Waals surface area contributed by atoms with Crippen LogP contribution in [0.4, 0.5) is 5.69 Å². The average molecular weight is 464 g/mol. The number of fused-ring (bicyclic) bond motifs is 5. The van der Waals surface area contributed by atoms with E-state index < -0.39 is 22.9 Å². The zero-order valence-corrected chi connectivity index (χ0v) is 19.8. The Kier molecular flexibility index (Phi) is 5.47. The fourth-order valence-electron chi connectivity index (χ4n) is 6.35. The third-order valence-electron chi connectivity index (χ3n) is 7.77. The van der Waals surface area contributed by atoms with E-state index in [4.69, 9.17) is 9.47 Å². The van der Waals surface area contributed by atoms with Crippen LogP contribution in [-0.4, -0.2) is 35.1 Å². The molecule has 0 saturated carbocycles. The van der Waals surface area contributed by atoms with Crippen LogP contribution in [-0.2, 0) is 22.4 Å². The molecular weight excluding hydrogens is 434 g/mol. The minimum atomic E-state index is -0.483. The van der Waals surface area contributed by atoms with Gasteiger partial charge in [-0.15, -0.1) is 0 Å². The molecule has 0 aromatic heterocycles. The summed E-state index contributed by atoms with van der Waals surface area (Å²) in [6.07, 6.45) is 1.18. The van der Waals surface area contributed by atoms with Gasteiger partial charge in [0.2, 0.25) is 0 Å². The highest BCUT2D eigenvalue weighted by molar-refractivity contribution is 6.26. The SMILES string of the molecule is CCc1cc(C)cc(CC)c1C1=C(O)[C@@H]2[C@@H]3O[C@@H](C[C@H]3c3ccc(OC)cc3[N+](=O)[O-])[C@@H]2C1=O. The van der Waals surface area contributed by atoms with Gasteiger partial charge in [0.25, 0.3) is 5.69 Å². The van der Waals surface area contributed by atoms with Gasteiger partial charge in [-0.25, -0.2) is 0 Å². The number of aryl methyl sites for hydroxylation is 3. The number of ketones is 1. The molecule has 1 N–H and O–H groups in total. The number of methoxy groups -OCH3 is 1. The topological polar surface area (TPSA) is 98.9 Å². The summed E-state index contributed by atoms with van der Waals surface area (Å²) >= 11 is 0. The second-order valence-electron chi connectivity index (χ2n) is 9.50. The number of nitro groups is 1. The molecule has 7 heteroatoms. The summed E-state index contributed by atoms with van der Waals surface area (Å²) in [4.78, 5) is 25.1. The van der Waals surface area contributed by atoms with E-state index in [1.165, 1.54) is 13.2 Å². The molecular formula is C27H29NO6. The van der Waals surface area contributed by atoms with E-state index in [1.54, 1.807) is 12.1 Å². The second-order valence-corrected chi connectivity index (χ2v) is 9.50. The lowest BCUT2D eigenvalue weighted by Crippen LogP contribution is -2.33. The third-order valence-corrected chi connectivity index (χ3v) is 7.77. The van der Waals surface area contributed by atoms with Crippen molar-refractivity contribution in [2.45, 2.75) is 58.2 Å². The predicted octanol–water partition coefficient (Wildman–Crippen LogP) is 5.08. The van der Waals surface area contributed by atoms with Crippen molar-refractivity contribution in [2.24, 2.45) is 11.8 Å². The lowest BCUT2D eigenvalue weighted by molar-refractivity contribution is -0.385. The minimum Gasteiger partial charge on any atom is -0.511 e. The zero-order valence-electron chi connectivity index (χ0n) is 19.8. The van der Waals surface area contributed by atoms with Gasteiger partial charge in [0.05, 0.1) is 47.7 Å². The largest absolute Gasteiger partial charge is 0.511 e. The van der Waals surface area contributed by atoms with Crippen LogP contribution in [0.25, 0.3) is 5.57 Å². The standard InChI is InChI=1S/C27H29NO6/c1-5-14-9-13(3)10-15(6-2)21(14)23-25(29)22-20-12-18(27(34-20)24(22)26(23)30)17-8-7-16(33-4)11-19(17)28(31)32/h7-11,18,20,22,24,27,30H,5-6,12H2,1-4H3/t18-,20-,22-,24+,27+/m0/s1. The van der Waals surface area contributed by atoms with Crippen molar-refractivity contribution in [1.29, 1.82) is 0 Å². The van der Waals surface area contributed by atoms with Crippen LogP contribution < -0.4 is 4.74 Å². The van der Waals surface area contributed by atoms with E-state index in [1.807, 2.05) is 6.92 Å². The number of Topliss-reactive ketones (excluding diaryl/α,β-unsaturated/α-hetero) is 1. The Hall–Kier alpha value is -3.19. The fourth-order valence-corrected chi connectivity index (χ4v) is 6.35. The van der Waals surface area contributed by atoms with E-state index in [0.717, 1.165) is 35.1 Å². The summed E-state index contributed by atoms with van der Waals surface area (Å²) in [5.41, 5.74) is 5.07. The van der Waals surface area contributed by atoms with Crippen molar-refractivity contribution in [1.82, 2.24) is 0 Å². The first-order chi connectivity index (χ1) is 16.3. The van der Waals surface area contributed by atoms with E-state index in [9.17, 15) is 20.0 Å². The smallest absolute Gasteiger partial charge is 0.276 e. The van der Waals surface area contributed by atoms with Crippen molar-refractivity contribution in [2.75, 3.05) is 7.11 Å². The zero-order chi connectivity index (χ0) is 24.3. The summed E-state index contributed by atoms with van der Waals surface area (Å²) in [6.45, 7) is 6.16. The molecule has 178 valence electrons. The molecule has 0 radical (unpaired) electrons. The van der Waals surface area contributed by atoms with Crippen LogP contribution in [0, 0.1) is 28.9 Å². The number of hydrogen-bond donors (Lipinski definition) is 1. The Balaban J connectivity index is 1.59. The van der Waals surface area contributed by atoms with Crippen LogP contribution >= 0.6 is 0 Å². The molecule has 34 heavy (non-hydrogen) atoms. The molecule has 0 spiro atoms. The van der Waals surface area contributed by atoms with Crippen molar-refractivity contribution >= 4 is 17.0 Å². The molecule has 2 heterocycles. The van der Waals surface area contributed by atoms with Crippen molar-refractivity contribution in [3.63, 3.8) is 0 Å². The first-order valence-electron chi connectivity index (χ1n) is 11.9. The molecule has 2 fully saturated rings. The van der Waals surface area contributed by atoms with Gasteiger partial charge in [-0.05, 0) is 55.0 Å². The van der Waals surface area contributed by atoms with Gasteiger partial charge in [-0.1, -0.05) is 31.5 Å². The third kappa shape index (κ3) is 3.17. The molecule has 2 saturated heterocycles. The normalized spacial score (nSPS) is 27.4. The first-order valence-corrected chi connectivity index (χ1v) is 11.9. The molecule has 0 amide bonds. The van der Waals surface area contributed by atoms with Crippen LogP contribution in [0.2, 0.25) is 0 Å². The highest BCUT2D eigenvalue weighted by atomic mass is 16.6. The highest BCUT2D eigenvalue weighted by Gasteiger charge is 2.63. The molecule has 2 aromatic rings. The van der Waals surface area contributed by atoms with Crippen LogP contribution in [0.3, 0.4) is 0 Å². The lowest BCUT2D eigenvalue weighted by atomic mass is 9.72. The van der Waals surface area contributed by atoms with E-state index in [0.29, 0.717) is 23.3 Å². The Bertz CT molecular complexity index is 1210. The van der Waals surface area contributed by atoms with Gasteiger partial charge in [0.1, 0.15) is 11.5 Å². The summed E-state index contributed by atoms with van der Waals surface area (Å²) in [5.74, 6) is -0.770. The van der Waals surface area contributed by atoms with Crippen LogP contribution in [0.15, 0.2) is 36.1 Å². The molecule has 2 bridgehead atoms. The molecule has 5 atom stereocenters. The number of ether oxygens (including phenoxy) is 2. The monoisotopic (exact) mass is 463 g/mol. The summed E-state index contributed by atoms with van der Waals surface area (Å²) in [6, 6.07) is 9.02. The average Bonchev–Trinajstić information content (AvgIpc) is 3.49. The highest BCUT2D eigenvalue weighted by Crippen LogP contribution is 2.59. The number of carbonyl (C=O) groups is 1. The molecule has 2 aliphatic heterocycles. The van der Waals surface area contributed by atoms with Crippen molar-refractivity contribution in [3.05, 3.63) is 74.0 Å². The Morgan fingerprint density at radius 1 is 1.15 bits per heavy atom. The van der Waals surface area contributed by atoms with Gasteiger partial charge in [0.15, 0.2) is 5.78 Å². The summed E-state index contributed by atoms with van der Waals surface area (Å²) in [5, 5.41) is 23.3. The van der Waals surface area contributed by atoms with E-state index in [-0.39, 0.29) is 29.3 Å². The number of nitro benzene ring substituents is 1. The van der Waals surface area contributed by atoms with Crippen LogP contribution in [0.1, 0.15) is 54.0 Å². The molecule has 5 rings (SSSR count). The fraction of sp³-hybridized carbons (Fsp3) is 0.444. The number of nitrogens with zero attached hydrogens (tertiary/aromatic N) is 1. The number of aliphatic hydroxyl groups excluding tert-OH is 1. The van der Waals surface area contributed by atoms with Crippen molar-refractivity contribution in [3.8, 4) is 5.75 Å². The number of benzene rings is 2. The first kappa shape index (κ1) is 22.6. The number of allylic oxidation sites excluding steroid dienone is 1. The van der Waals surface area contributed by atoms with Gasteiger partial charge < -0.3 is 14.6 Å². The Labute approximate surface area is 198 Å². The minimum absolute atomic E-state index is 0.0230. The quantitative estimate of drug-likeness (QED) is 0.474. The number of rotatable bonds is 6. The maximum atomic E-state index is 13.7. The maximum absolute atomic E-state index is 13.7. The number of aliphatic hydroxyl groups is 1. The Morgan fingerprint density at radius 2 is 1.82 bits per heavy atom. The maximum Gasteiger partial charge on any atom is 0.276 e.